The smallest absolute Gasteiger partial charge is 0.287 e. The summed E-state index contributed by atoms with van der Waals surface area (Å²) in [5.41, 5.74) is 0.869. The molecule has 0 bridgehead atoms. The highest BCUT2D eigenvalue weighted by atomic mass is 31.2. The van der Waals surface area contributed by atoms with E-state index >= 15 is 0 Å². The highest BCUT2D eigenvalue weighted by Gasteiger charge is 2.22. The molecular weight excluding hydrogens is 263 g/mol. The summed E-state index contributed by atoms with van der Waals surface area (Å²) in [6, 6.07) is 9.39. The molecule has 19 heavy (non-hydrogen) atoms. The summed E-state index contributed by atoms with van der Waals surface area (Å²) >= 11 is 0. The SMILES string of the molecule is C=CCOP(=O)(N/N=C/c1ccccc1)OCC=C. The number of nitrogens with one attached hydrogen (secondary N) is 1. The Morgan fingerprint density at radius 2 is 1.74 bits per heavy atom. The quantitative estimate of drug-likeness (QED) is 0.327. The monoisotopic (exact) mass is 280 g/mol. The van der Waals surface area contributed by atoms with Gasteiger partial charge in [-0.1, -0.05) is 42.5 Å². The number of hydrazone groups is 1. The Morgan fingerprint density at radius 1 is 1.16 bits per heavy atom. The fourth-order valence-electron chi connectivity index (χ4n) is 1.11. The largest absolute Gasteiger partial charge is 0.448 e. The van der Waals surface area contributed by atoms with Crippen molar-refractivity contribution in [2.24, 2.45) is 5.10 Å². The molecule has 0 heterocycles. The van der Waals surface area contributed by atoms with E-state index in [9.17, 15) is 4.57 Å². The third-order valence-corrected chi connectivity index (χ3v) is 3.26. The molecule has 0 radical (unpaired) electrons. The van der Waals surface area contributed by atoms with Crippen LogP contribution in [0.25, 0.3) is 0 Å². The highest BCUT2D eigenvalue weighted by molar-refractivity contribution is 7.51. The van der Waals surface area contributed by atoms with E-state index in [1.807, 2.05) is 30.3 Å². The molecule has 0 saturated heterocycles. The lowest BCUT2D eigenvalue weighted by Gasteiger charge is -2.15. The minimum absolute atomic E-state index is 0.0995. The Hall–Kier alpha value is -1.68. The third-order valence-electron chi connectivity index (χ3n) is 1.92. The van der Waals surface area contributed by atoms with Crippen molar-refractivity contribution in [3.05, 3.63) is 61.2 Å². The van der Waals surface area contributed by atoms with Crippen LogP contribution in [-0.4, -0.2) is 19.4 Å². The molecule has 0 spiro atoms. The molecule has 0 amide bonds. The van der Waals surface area contributed by atoms with Gasteiger partial charge in [0.2, 0.25) is 0 Å². The van der Waals surface area contributed by atoms with Gasteiger partial charge in [0.1, 0.15) is 0 Å². The molecule has 1 aromatic carbocycles. The van der Waals surface area contributed by atoms with Gasteiger partial charge in [0.15, 0.2) is 0 Å². The van der Waals surface area contributed by atoms with Crippen molar-refractivity contribution >= 4 is 14.0 Å². The van der Waals surface area contributed by atoms with Crippen molar-refractivity contribution in [2.45, 2.75) is 0 Å². The Morgan fingerprint density at radius 3 is 2.26 bits per heavy atom. The van der Waals surface area contributed by atoms with Gasteiger partial charge in [-0.2, -0.15) is 5.10 Å². The van der Waals surface area contributed by atoms with Crippen molar-refractivity contribution in [1.29, 1.82) is 0 Å². The van der Waals surface area contributed by atoms with Crippen molar-refractivity contribution in [3.8, 4) is 0 Å². The second-order valence-corrected chi connectivity index (χ2v) is 5.15. The average Bonchev–Trinajstić information content (AvgIpc) is 2.44. The summed E-state index contributed by atoms with van der Waals surface area (Å²) in [6.07, 6.45) is 4.49. The fraction of sp³-hybridized carbons (Fsp3) is 0.154. The van der Waals surface area contributed by atoms with Crippen molar-refractivity contribution in [2.75, 3.05) is 13.2 Å². The lowest BCUT2D eigenvalue weighted by atomic mass is 10.2. The van der Waals surface area contributed by atoms with E-state index in [0.29, 0.717) is 0 Å². The lowest BCUT2D eigenvalue weighted by molar-refractivity contribution is 0.228. The van der Waals surface area contributed by atoms with E-state index in [2.05, 4.69) is 23.5 Å². The second-order valence-electron chi connectivity index (χ2n) is 3.44. The van der Waals surface area contributed by atoms with Gasteiger partial charge >= 0.3 is 7.75 Å². The predicted molar refractivity (Wildman–Crippen MR) is 77.1 cm³/mol. The van der Waals surface area contributed by atoms with E-state index < -0.39 is 7.75 Å². The normalized spacial score (nSPS) is 11.4. The summed E-state index contributed by atoms with van der Waals surface area (Å²) in [6.45, 7) is 7.17. The van der Waals surface area contributed by atoms with Gasteiger partial charge in [-0.25, -0.2) is 9.76 Å². The Balaban J connectivity index is 2.61. The molecule has 6 heteroatoms. The first-order valence-electron chi connectivity index (χ1n) is 5.66. The van der Waals surface area contributed by atoms with E-state index in [-0.39, 0.29) is 13.2 Å². The fourth-order valence-corrected chi connectivity index (χ4v) is 2.10. The van der Waals surface area contributed by atoms with Crippen LogP contribution < -0.4 is 5.20 Å². The summed E-state index contributed by atoms with van der Waals surface area (Å²) in [7, 11) is -3.48. The van der Waals surface area contributed by atoms with Crippen LogP contribution in [0.4, 0.5) is 0 Å². The van der Waals surface area contributed by atoms with E-state index in [1.54, 1.807) is 0 Å². The van der Waals surface area contributed by atoms with E-state index in [4.69, 9.17) is 9.05 Å². The maximum Gasteiger partial charge on any atom is 0.448 e. The molecule has 102 valence electrons. The Labute approximate surface area is 113 Å². The molecular formula is C13H17N2O3P. The number of nitrogens with zero attached hydrogens (tertiary/aromatic N) is 1. The van der Waals surface area contributed by atoms with Gasteiger partial charge in [0.25, 0.3) is 0 Å². The number of benzene rings is 1. The topological polar surface area (TPSA) is 59.9 Å². The van der Waals surface area contributed by atoms with Gasteiger partial charge in [-0.05, 0) is 5.56 Å². The maximum absolute atomic E-state index is 12.2. The Bertz CT molecular complexity index is 458. The van der Waals surface area contributed by atoms with Gasteiger partial charge in [-0.15, -0.1) is 13.2 Å². The lowest BCUT2D eigenvalue weighted by Crippen LogP contribution is -2.10. The van der Waals surface area contributed by atoms with Crippen LogP contribution >= 0.6 is 7.75 Å². The van der Waals surface area contributed by atoms with Crippen LogP contribution in [0.1, 0.15) is 5.56 Å². The van der Waals surface area contributed by atoms with Gasteiger partial charge < -0.3 is 0 Å². The molecule has 0 aromatic heterocycles. The van der Waals surface area contributed by atoms with Crippen LogP contribution in [0, 0.1) is 0 Å². The van der Waals surface area contributed by atoms with Crippen molar-refractivity contribution in [1.82, 2.24) is 5.20 Å². The molecule has 0 aliphatic rings. The van der Waals surface area contributed by atoms with Crippen LogP contribution in [0.2, 0.25) is 0 Å². The molecule has 0 aliphatic heterocycles. The summed E-state index contributed by atoms with van der Waals surface area (Å²) < 4.78 is 22.3. The average molecular weight is 280 g/mol. The van der Waals surface area contributed by atoms with Crippen LogP contribution in [0.3, 0.4) is 0 Å². The molecule has 1 N–H and O–H groups in total. The molecule has 1 rings (SSSR count). The summed E-state index contributed by atoms with van der Waals surface area (Å²) in [4.78, 5) is 0. The molecule has 1 aromatic rings. The zero-order valence-corrected chi connectivity index (χ0v) is 11.5. The Kier molecular flexibility index (Phi) is 6.82. The molecule has 0 fully saturated rings. The zero-order valence-electron chi connectivity index (χ0n) is 10.6. The van der Waals surface area contributed by atoms with Gasteiger partial charge in [-0.3, -0.25) is 9.05 Å². The van der Waals surface area contributed by atoms with Gasteiger partial charge in [0.05, 0.1) is 19.4 Å². The third kappa shape index (κ3) is 6.15. The standard InChI is InChI=1S/C13H17N2O3P/c1-3-10-17-19(16,18-11-4-2)15-14-12-13-8-6-5-7-9-13/h3-9,12H,1-2,10-11H2,(H,15,16)/b14-12+. The van der Waals surface area contributed by atoms with Crippen LogP contribution in [0.5, 0.6) is 0 Å². The van der Waals surface area contributed by atoms with Crippen molar-refractivity contribution < 1.29 is 13.6 Å². The summed E-state index contributed by atoms with van der Waals surface area (Å²) in [5.74, 6) is 0. The predicted octanol–water partition coefficient (Wildman–Crippen LogP) is 3.12. The minimum Gasteiger partial charge on any atom is -0.287 e. The molecule has 5 nitrogen and oxygen atoms in total. The summed E-state index contributed by atoms with van der Waals surface area (Å²) in [5, 5.41) is 6.26. The van der Waals surface area contributed by atoms with Crippen LogP contribution in [0.15, 0.2) is 60.7 Å². The van der Waals surface area contributed by atoms with E-state index in [1.165, 1.54) is 18.4 Å². The molecule has 0 atom stereocenters. The molecule has 0 saturated carbocycles. The first kappa shape index (κ1) is 15.4. The maximum atomic E-state index is 12.2. The molecule has 0 unspecified atom stereocenters. The number of hydrogen-bond donors (Lipinski definition) is 1. The zero-order chi connectivity index (χ0) is 14.0. The molecule has 0 aliphatic carbocycles. The van der Waals surface area contributed by atoms with Crippen molar-refractivity contribution in [3.63, 3.8) is 0 Å². The second kappa shape index (κ2) is 8.43. The number of rotatable bonds is 9. The van der Waals surface area contributed by atoms with Gasteiger partial charge in [0, 0.05) is 0 Å². The number of hydrogen-bond acceptors (Lipinski definition) is 4. The van der Waals surface area contributed by atoms with E-state index in [0.717, 1.165) is 5.56 Å². The first-order valence-corrected chi connectivity index (χ1v) is 7.21. The highest BCUT2D eigenvalue weighted by Crippen LogP contribution is 2.43. The first-order chi connectivity index (χ1) is 9.20. The van der Waals surface area contributed by atoms with Crippen LogP contribution in [-0.2, 0) is 13.6 Å². The minimum atomic E-state index is -3.48.